The van der Waals surface area contributed by atoms with Gasteiger partial charge in [0.25, 0.3) is 0 Å². The third-order valence-electron chi connectivity index (χ3n) is 3.96. The van der Waals surface area contributed by atoms with Gasteiger partial charge in [-0.25, -0.2) is 0 Å². The first-order chi connectivity index (χ1) is 10.2. The summed E-state index contributed by atoms with van der Waals surface area (Å²) in [6.45, 7) is 1.27. The minimum Gasteiger partial charge on any atom is -0.454 e. The van der Waals surface area contributed by atoms with Gasteiger partial charge in [0.2, 0.25) is 6.79 Å². The van der Waals surface area contributed by atoms with Gasteiger partial charge in [-0.05, 0) is 53.4 Å². The highest BCUT2D eigenvalue weighted by Crippen LogP contribution is 2.41. The van der Waals surface area contributed by atoms with E-state index in [1.54, 1.807) is 0 Å². The molecule has 0 aromatic heterocycles. The van der Waals surface area contributed by atoms with Gasteiger partial charge < -0.3 is 14.8 Å². The topological polar surface area (TPSA) is 30.5 Å². The highest BCUT2D eigenvalue weighted by molar-refractivity contribution is 9.11. The second kappa shape index (κ2) is 5.30. The lowest BCUT2D eigenvalue weighted by Crippen LogP contribution is -2.30. The van der Waals surface area contributed by atoms with Crippen molar-refractivity contribution in [1.29, 1.82) is 0 Å². The Labute approximate surface area is 139 Å². The largest absolute Gasteiger partial charge is 0.454 e. The number of ether oxygens (including phenoxy) is 2. The Morgan fingerprint density at radius 2 is 1.81 bits per heavy atom. The SMILES string of the molecule is Brc1ccc(Br)c(C2NCCc3cc4c(cc32)OCO4)c1. The van der Waals surface area contributed by atoms with Crippen LogP contribution in [0, 0.1) is 0 Å². The Morgan fingerprint density at radius 1 is 1.00 bits per heavy atom. The molecule has 0 radical (unpaired) electrons. The number of nitrogens with one attached hydrogen (secondary N) is 1. The summed E-state index contributed by atoms with van der Waals surface area (Å²) in [5.74, 6) is 1.70. The molecule has 2 aliphatic heterocycles. The summed E-state index contributed by atoms with van der Waals surface area (Å²) in [7, 11) is 0. The number of hydrogen-bond acceptors (Lipinski definition) is 3. The first-order valence-corrected chi connectivity index (χ1v) is 8.42. The molecule has 0 aliphatic carbocycles. The number of halogens is 2. The molecular formula is C16H13Br2NO2. The van der Waals surface area contributed by atoms with Crippen molar-refractivity contribution in [2.75, 3.05) is 13.3 Å². The zero-order chi connectivity index (χ0) is 14.4. The van der Waals surface area contributed by atoms with Gasteiger partial charge in [-0.3, -0.25) is 0 Å². The predicted molar refractivity (Wildman–Crippen MR) is 88.0 cm³/mol. The van der Waals surface area contributed by atoms with E-state index in [1.807, 2.05) is 6.07 Å². The van der Waals surface area contributed by atoms with Crippen molar-refractivity contribution < 1.29 is 9.47 Å². The van der Waals surface area contributed by atoms with Crippen molar-refractivity contribution in [2.45, 2.75) is 12.5 Å². The maximum absolute atomic E-state index is 5.53. The first kappa shape index (κ1) is 13.6. The number of benzene rings is 2. The lowest BCUT2D eigenvalue weighted by atomic mass is 9.89. The molecule has 2 heterocycles. The van der Waals surface area contributed by atoms with E-state index in [1.165, 1.54) is 16.7 Å². The molecule has 1 N–H and O–H groups in total. The zero-order valence-electron chi connectivity index (χ0n) is 11.2. The summed E-state index contributed by atoms with van der Waals surface area (Å²) in [6.07, 6.45) is 1.01. The molecule has 0 saturated heterocycles. The van der Waals surface area contributed by atoms with Crippen LogP contribution < -0.4 is 14.8 Å². The third kappa shape index (κ3) is 2.37. The Bertz CT molecular complexity index is 718. The molecule has 21 heavy (non-hydrogen) atoms. The van der Waals surface area contributed by atoms with E-state index in [0.29, 0.717) is 6.79 Å². The second-order valence-electron chi connectivity index (χ2n) is 5.21. The number of fused-ring (bicyclic) bond motifs is 2. The maximum Gasteiger partial charge on any atom is 0.231 e. The second-order valence-corrected chi connectivity index (χ2v) is 6.98. The zero-order valence-corrected chi connectivity index (χ0v) is 14.3. The summed E-state index contributed by atoms with van der Waals surface area (Å²) in [6, 6.07) is 10.7. The van der Waals surface area contributed by atoms with Crippen molar-refractivity contribution in [2.24, 2.45) is 0 Å². The first-order valence-electron chi connectivity index (χ1n) is 6.83. The molecule has 1 atom stereocenters. The summed E-state index contributed by atoms with van der Waals surface area (Å²) < 4.78 is 13.2. The van der Waals surface area contributed by atoms with Crippen LogP contribution in [0.3, 0.4) is 0 Å². The van der Waals surface area contributed by atoms with Crippen LogP contribution in [0.1, 0.15) is 22.7 Å². The summed E-state index contributed by atoms with van der Waals surface area (Å²) in [5.41, 5.74) is 3.82. The Hall–Kier alpha value is -1.04. The fourth-order valence-electron chi connectivity index (χ4n) is 2.96. The lowest BCUT2D eigenvalue weighted by Gasteiger charge is -2.28. The van der Waals surface area contributed by atoms with Gasteiger partial charge >= 0.3 is 0 Å². The van der Waals surface area contributed by atoms with Gasteiger partial charge in [-0.1, -0.05) is 31.9 Å². The average Bonchev–Trinajstić information content (AvgIpc) is 2.94. The highest BCUT2D eigenvalue weighted by Gasteiger charge is 2.27. The van der Waals surface area contributed by atoms with Gasteiger partial charge in [0.05, 0.1) is 6.04 Å². The van der Waals surface area contributed by atoms with Gasteiger partial charge in [-0.2, -0.15) is 0 Å². The molecule has 2 aromatic rings. The molecule has 0 amide bonds. The minimum atomic E-state index is 0.162. The lowest BCUT2D eigenvalue weighted by molar-refractivity contribution is 0.174. The van der Waals surface area contributed by atoms with Crippen molar-refractivity contribution in [3.05, 3.63) is 56.0 Å². The van der Waals surface area contributed by atoms with Gasteiger partial charge in [0.1, 0.15) is 0 Å². The van der Waals surface area contributed by atoms with Crippen molar-refractivity contribution in [3.63, 3.8) is 0 Å². The van der Waals surface area contributed by atoms with E-state index >= 15 is 0 Å². The molecule has 5 heteroatoms. The van der Waals surface area contributed by atoms with Crippen LogP contribution in [0.15, 0.2) is 39.3 Å². The van der Waals surface area contributed by atoms with Crippen LogP contribution in [0.2, 0.25) is 0 Å². The maximum atomic E-state index is 5.53. The van der Waals surface area contributed by atoms with E-state index in [4.69, 9.17) is 9.47 Å². The van der Waals surface area contributed by atoms with Gasteiger partial charge in [0, 0.05) is 15.5 Å². The molecule has 0 saturated carbocycles. The van der Waals surface area contributed by atoms with E-state index in [-0.39, 0.29) is 6.04 Å². The molecule has 108 valence electrons. The standard InChI is InChI=1S/C16H13Br2NO2/c17-10-1-2-13(18)12(6-10)16-11-7-15-14(20-8-21-15)5-9(11)3-4-19-16/h1-2,5-7,16,19H,3-4,8H2. The molecule has 0 fully saturated rings. The van der Waals surface area contributed by atoms with Crippen molar-refractivity contribution in [3.8, 4) is 11.5 Å². The normalized spacial score (nSPS) is 19.4. The minimum absolute atomic E-state index is 0.162. The average molecular weight is 411 g/mol. The monoisotopic (exact) mass is 409 g/mol. The van der Waals surface area contributed by atoms with E-state index in [2.05, 4.69) is 61.4 Å². The van der Waals surface area contributed by atoms with Crippen LogP contribution in [0.4, 0.5) is 0 Å². The predicted octanol–water partition coefficient (Wildman–Crippen LogP) is 4.18. The van der Waals surface area contributed by atoms with E-state index in [0.717, 1.165) is 33.4 Å². The molecule has 1 unspecified atom stereocenters. The fraction of sp³-hybridized carbons (Fsp3) is 0.250. The summed E-state index contributed by atoms with van der Waals surface area (Å²) in [5, 5.41) is 3.60. The number of hydrogen-bond donors (Lipinski definition) is 1. The summed E-state index contributed by atoms with van der Waals surface area (Å²) in [4.78, 5) is 0. The van der Waals surface area contributed by atoms with E-state index < -0.39 is 0 Å². The Balaban J connectivity index is 1.85. The molecule has 0 spiro atoms. The van der Waals surface area contributed by atoms with E-state index in [9.17, 15) is 0 Å². The molecule has 0 bridgehead atoms. The smallest absolute Gasteiger partial charge is 0.231 e. The van der Waals surface area contributed by atoms with Crippen molar-refractivity contribution >= 4 is 31.9 Å². The van der Waals surface area contributed by atoms with Gasteiger partial charge in [0.15, 0.2) is 11.5 Å². The molecule has 4 rings (SSSR count). The van der Waals surface area contributed by atoms with Crippen LogP contribution in [0.5, 0.6) is 11.5 Å². The molecule has 2 aromatic carbocycles. The molecular weight excluding hydrogens is 398 g/mol. The van der Waals surface area contributed by atoms with Crippen LogP contribution in [-0.2, 0) is 6.42 Å². The Kier molecular flexibility index (Phi) is 3.44. The molecule has 2 aliphatic rings. The van der Waals surface area contributed by atoms with Crippen LogP contribution >= 0.6 is 31.9 Å². The molecule has 3 nitrogen and oxygen atoms in total. The van der Waals surface area contributed by atoms with Crippen LogP contribution in [-0.4, -0.2) is 13.3 Å². The quantitative estimate of drug-likeness (QED) is 0.765. The van der Waals surface area contributed by atoms with Crippen molar-refractivity contribution in [1.82, 2.24) is 5.32 Å². The third-order valence-corrected chi connectivity index (χ3v) is 5.17. The fourth-order valence-corrected chi connectivity index (χ4v) is 3.81. The van der Waals surface area contributed by atoms with Gasteiger partial charge in [-0.15, -0.1) is 0 Å². The highest BCUT2D eigenvalue weighted by atomic mass is 79.9. The Morgan fingerprint density at radius 3 is 2.67 bits per heavy atom. The number of rotatable bonds is 1. The van der Waals surface area contributed by atoms with Crippen LogP contribution in [0.25, 0.3) is 0 Å². The summed E-state index contributed by atoms with van der Waals surface area (Å²) >= 11 is 7.22.